The quantitative estimate of drug-likeness (QED) is 0.595. The third-order valence-electron chi connectivity index (χ3n) is 9.65. The van der Waals surface area contributed by atoms with Crippen molar-refractivity contribution in [1.82, 2.24) is 4.90 Å². The summed E-state index contributed by atoms with van der Waals surface area (Å²) in [6.07, 6.45) is 1.10. The average molecular weight is 501 g/mol. The Morgan fingerprint density at radius 3 is 2.65 bits per heavy atom. The number of imide groups is 1. The lowest BCUT2D eigenvalue weighted by Crippen LogP contribution is -2.63. The van der Waals surface area contributed by atoms with Crippen LogP contribution in [0.5, 0.6) is 0 Å². The molecule has 2 saturated carbocycles. The van der Waals surface area contributed by atoms with Crippen molar-refractivity contribution < 1.29 is 28.6 Å². The van der Waals surface area contributed by atoms with Gasteiger partial charge in [0, 0.05) is 29.8 Å². The van der Waals surface area contributed by atoms with Gasteiger partial charge in [-0.05, 0) is 29.5 Å². The molecule has 8 nitrogen and oxygen atoms in total. The number of carbonyl (C=O) groups excluding carboxylic acids is 3. The van der Waals surface area contributed by atoms with Crippen molar-refractivity contribution in [2.75, 3.05) is 25.2 Å². The van der Waals surface area contributed by atoms with Crippen molar-refractivity contribution in [2.24, 2.45) is 23.2 Å². The van der Waals surface area contributed by atoms with Crippen LogP contribution >= 0.6 is 0 Å². The van der Waals surface area contributed by atoms with Crippen LogP contribution in [0.1, 0.15) is 17.5 Å². The van der Waals surface area contributed by atoms with Crippen molar-refractivity contribution in [3.8, 4) is 0 Å². The molecule has 1 spiro atoms. The third-order valence-corrected chi connectivity index (χ3v) is 9.65. The molecule has 7 rings (SSSR count). The van der Waals surface area contributed by atoms with Gasteiger partial charge in [0.1, 0.15) is 12.0 Å². The van der Waals surface area contributed by atoms with E-state index in [2.05, 4.69) is 6.58 Å². The van der Waals surface area contributed by atoms with Crippen molar-refractivity contribution in [3.05, 3.63) is 78.4 Å². The van der Waals surface area contributed by atoms with Gasteiger partial charge in [-0.2, -0.15) is 0 Å². The molecule has 2 aromatic rings. The van der Waals surface area contributed by atoms with E-state index in [0.29, 0.717) is 25.3 Å². The second-order valence-corrected chi connectivity index (χ2v) is 10.8. The van der Waals surface area contributed by atoms with Gasteiger partial charge in [-0.15, -0.1) is 6.58 Å². The summed E-state index contributed by atoms with van der Waals surface area (Å²) in [5.74, 6) is -0.297. The number of ether oxygens (including phenoxy) is 3. The predicted molar refractivity (Wildman–Crippen MR) is 133 cm³/mol. The minimum atomic E-state index is -1.13. The standard InChI is InChI=1S/C29H28N2O6/c1-3-28-16-30(26(33)35-2)23-18-15-36-22(13-20(18)28)29(24(23)28)19-11-7-8-12-21(19)31(25(29)32)27(34)37-14-17-9-5-4-6-10-17/h3-12,18,20,22-24H,1,13-16H2,2H3/t18-,20+,22+,23+,24-,28-,29-/m0/s1. The molecule has 5 aliphatic rings. The van der Waals surface area contributed by atoms with Crippen LogP contribution in [0, 0.1) is 23.2 Å². The highest BCUT2D eigenvalue weighted by Crippen LogP contribution is 2.74. The number of anilines is 1. The topological polar surface area (TPSA) is 85.4 Å². The number of nitrogens with zero attached hydrogens (tertiary/aromatic N) is 2. The molecule has 4 fully saturated rings. The molecular formula is C29H28N2O6. The maximum atomic E-state index is 14.7. The summed E-state index contributed by atoms with van der Waals surface area (Å²) in [7, 11) is 1.38. The Hall–Kier alpha value is -3.65. The molecule has 0 unspecified atom stereocenters. The number of rotatable bonds is 3. The normalized spacial score (nSPS) is 36.1. The number of benzene rings is 2. The van der Waals surface area contributed by atoms with E-state index < -0.39 is 29.1 Å². The zero-order valence-electron chi connectivity index (χ0n) is 20.5. The van der Waals surface area contributed by atoms with Gasteiger partial charge < -0.3 is 19.1 Å². The predicted octanol–water partition coefficient (Wildman–Crippen LogP) is 3.90. The fourth-order valence-electron chi connectivity index (χ4n) is 8.46. The molecule has 8 heteroatoms. The van der Waals surface area contributed by atoms with E-state index in [1.54, 1.807) is 11.0 Å². The summed E-state index contributed by atoms with van der Waals surface area (Å²) in [6, 6.07) is 16.5. The molecular weight excluding hydrogens is 472 g/mol. The number of carbonyl (C=O) groups is 3. The summed E-state index contributed by atoms with van der Waals surface area (Å²) >= 11 is 0. The molecule has 0 N–H and O–H groups in total. The molecule has 0 aromatic heterocycles. The van der Waals surface area contributed by atoms with Crippen LogP contribution < -0.4 is 4.90 Å². The van der Waals surface area contributed by atoms with E-state index >= 15 is 0 Å². The first-order chi connectivity index (χ1) is 18.0. The number of amides is 3. The van der Waals surface area contributed by atoms with Crippen molar-refractivity contribution in [1.29, 1.82) is 0 Å². The second kappa shape index (κ2) is 7.68. The Labute approximate surface area is 214 Å². The summed E-state index contributed by atoms with van der Waals surface area (Å²) in [5, 5.41) is 0. The molecule has 190 valence electrons. The number of hydrogen-bond donors (Lipinski definition) is 0. The summed E-state index contributed by atoms with van der Waals surface area (Å²) in [6.45, 7) is 5.17. The molecule has 2 aromatic carbocycles. The maximum absolute atomic E-state index is 14.7. The molecule has 7 atom stereocenters. The lowest BCUT2D eigenvalue weighted by molar-refractivity contribution is -0.155. The molecule has 37 heavy (non-hydrogen) atoms. The lowest BCUT2D eigenvalue weighted by atomic mass is 9.51. The van der Waals surface area contributed by atoms with Crippen LogP contribution in [-0.2, 0) is 31.0 Å². The molecule has 2 aliphatic carbocycles. The number of para-hydroxylation sites is 1. The van der Waals surface area contributed by atoms with E-state index in [1.165, 1.54) is 12.0 Å². The molecule has 2 saturated heterocycles. The molecule has 3 heterocycles. The van der Waals surface area contributed by atoms with Crippen LogP contribution in [0.3, 0.4) is 0 Å². The third kappa shape index (κ3) is 2.59. The van der Waals surface area contributed by atoms with Crippen LogP contribution in [0.15, 0.2) is 67.3 Å². The van der Waals surface area contributed by atoms with E-state index in [-0.39, 0.29) is 36.3 Å². The van der Waals surface area contributed by atoms with Crippen molar-refractivity contribution in [2.45, 2.75) is 30.6 Å². The van der Waals surface area contributed by atoms with Gasteiger partial charge in [-0.25, -0.2) is 14.5 Å². The number of likely N-dealkylation sites (tertiary alicyclic amines) is 1. The largest absolute Gasteiger partial charge is 0.453 e. The number of piperidine rings is 1. The highest BCUT2D eigenvalue weighted by Gasteiger charge is 2.82. The van der Waals surface area contributed by atoms with Gasteiger partial charge in [0.2, 0.25) is 5.91 Å². The Kier molecular flexibility index (Phi) is 4.68. The van der Waals surface area contributed by atoms with Crippen LogP contribution in [0.25, 0.3) is 0 Å². The Morgan fingerprint density at radius 1 is 1.14 bits per heavy atom. The highest BCUT2D eigenvalue weighted by molar-refractivity contribution is 6.22. The summed E-state index contributed by atoms with van der Waals surface area (Å²) in [5.41, 5.74) is 0.505. The average Bonchev–Trinajstić information content (AvgIpc) is 3.45. The molecule has 3 aliphatic heterocycles. The highest BCUT2D eigenvalue weighted by atomic mass is 16.6. The summed E-state index contributed by atoms with van der Waals surface area (Å²) < 4.78 is 17.2. The monoisotopic (exact) mass is 500 g/mol. The minimum absolute atomic E-state index is 0.0570. The van der Waals surface area contributed by atoms with Gasteiger partial charge in [-0.3, -0.25) is 4.79 Å². The van der Waals surface area contributed by atoms with Crippen molar-refractivity contribution in [3.63, 3.8) is 0 Å². The molecule has 3 amide bonds. The number of fused-ring (bicyclic) bond motifs is 5. The van der Waals surface area contributed by atoms with Gasteiger partial charge in [0.25, 0.3) is 0 Å². The zero-order chi connectivity index (χ0) is 25.5. The first kappa shape index (κ1) is 22.5. The summed E-state index contributed by atoms with van der Waals surface area (Å²) in [4.78, 5) is 44.0. The van der Waals surface area contributed by atoms with Crippen LogP contribution in [0.2, 0.25) is 0 Å². The Bertz CT molecular complexity index is 1330. The minimum Gasteiger partial charge on any atom is -0.453 e. The fraction of sp³-hybridized carbons (Fsp3) is 0.414. The SMILES string of the molecule is C=C[C@]12CN(C(=O)OC)[C@@H]3[C@H]4CO[C@H](C[C@H]41)[C@]1(C(=O)N(C(=O)OCc4ccccc4)c4ccccc41)[C@@H]32. The van der Waals surface area contributed by atoms with Gasteiger partial charge in [-0.1, -0.05) is 54.6 Å². The lowest BCUT2D eigenvalue weighted by Gasteiger charge is -2.54. The van der Waals surface area contributed by atoms with Crippen LogP contribution in [-0.4, -0.2) is 55.4 Å². The van der Waals surface area contributed by atoms with Gasteiger partial charge in [0.15, 0.2) is 0 Å². The number of methoxy groups -OCH3 is 1. The first-order valence-corrected chi connectivity index (χ1v) is 12.7. The molecule has 0 radical (unpaired) electrons. The zero-order valence-corrected chi connectivity index (χ0v) is 20.5. The van der Waals surface area contributed by atoms with E-state index in [0.717, 1.165) is 11.1 Å². The first-order valence-electron chi connectivity index (χ1n) is 12.7. The van der Waals surface area contributed by atoms with Crippen molar-refractivity contribution >= 4 is 23.8 Å². The van der Waals surface area contributed by atoms with Gasteiger partial charge in [0.05, 0.1) is 25.5 Å². The Morgan fingerprint density at radius 2 is 1.89 bits per heavy atom. The van der Waals surface area contributed by atoms with E-state index in [1.807, 2.05) is 54.6 Å². The fourth-order valence-corrected chi connectivity index (χ4v) is 8.46. The number of hydrogen-bond acceptors (Lipinski definition) is 6. The second-order valence-electron chi connectivity index (χ2n) is 10.8. The smallest absolute Gasteiger partial charge is 0.421 e. The van der Waals surface area contributed by atoms with E-state index in [4.69, 9.17) is 14.2 Å². The Balaban J connectivity index is 1.35. The van der Waals surface area contributed by atoms with E-state index in [9.17, 15) is 14.4 Å². The van der Waals surface area contributed by atoms with Crippen LogP contribution in [0.4, 0.5) is 15.3 Å². The molecule has 5 bridgehead atoms. The van der Waals surface area contributed by atoms with Gasteiger partial charge >= 0.3 is 12.2 Å². The maximum Gasteiger partial charge on any atom is 0.421 e.